The van der Waals surface area contributed by atoms with Crippen molar-refractivity contribution in [1.29, 1.82) is 5.26 Å². The molecule has 0 bridgehead atoms. The van der Waals surface area contributed by atoms with Gasteiger partial charge in [0.15, 0.2) is 0 Å². The van der Waals surface area contributed by atoms with E-state index in [9.17, 15) is 17.2 Å². The maximum absolute atomic E-state index is 12.7. The Bertz CT molecular complexity index is 494. The fourth-order valence-corrected chi connectivity index (χ4v) is 1.82. The minimum absolute atomic E-state index is 0.216. The molecule has 0 radical (unpaired) electrons. The Hall–Kier alpha value is -1.48. The number of nitriles is 1. The lowest BCUT2D eigenvalue weighted by Gasteiger charge is -2.11. The molecular weight excluding hydrogens is 224 g/mol. The van der Waals surface area contributed by atoms with Crippen molar-refractivity contribution in [3.05, 3.63) is 29.8 Å². The number of alkyl halides is 2. The van der Waals surface area contributed by atoms with Gasteiger partial charge in [0, 0.05) is 6.92 Å². The van der Waals surface area contributed by atoms with Crippen LogP contribution >= 0.6 is 0 Å². The monoisotopic (exact) mass is 231 g/mol. The number of hydrogen-bond donors (Lipinski definition) is 0. The van der Waals surface area contributed by atoms with Gasteiger partial charge in [0.25, 0.3) is 0 Å². The zero-order valence-electron chi connectivity index (χ0n) is 7.74. The first kappa shape index (κ1) is 11.6. The largest absolute Gasteiger partial charge is 0.347 e. The highest BCUT2D eigenvalue weighted by Gasteiger charge is 2.40. The highest BCUT2D eigenvalue weighted by molar-refractivity contribution is 7.92. The summed E-state index contributed by atoms with van der Waals surface area (Å²) in [6.45, 7) is 0.320. The standard InChI is InChI=1S/C9H7F2NO2S/c1-9(10,11)15(13,14)8-4-2-7(6-12)3-5-8/h2-5H,1H3. The number of nitrogens with zero attached hydrogens (tertiary/aromatic N) is 1. The van der Waals surface area contributed by atoms with Crippen LogP contribution in [0.5, 0.6) is 0 Å². The molecule has 0 saturated heterocycles. The normalized spacial score (nSPS) is 12.1. The summed E-state index contributed by atoms with van der Waals surface area (Å²) in [5, 5.41) is 4.63. The molecule has 0 spiro atoms. The van der Waals surface area contributed by atoms with Gasteiger partial charge in [0.2, 0.25) is 9.84 Å². The molecule has 0 heterocycles. The molecule has 1 rings (SSSR count). The summed E-state index contributed by atoms with van der Waals surface area (Å²) in [6, 6.07) is 6.10. The molecule has 0 aliphatic carbocycles. The van der Waals surface area contributed by atoms with Crippen molar-refractivity contribution < 1.29 is 17.2 Å². The van der Waals surface area contributed by atoms with Gasteiger partial charge in [-0.25, -0.2) is 8.42 Å². The molecule has 0 atom stereocenters. The Morgan fingerprint density at radius 3 is 2.07 bits per heavy atom. The Morgan fingerprint density at radius 1 is 1.27 bits per heavy atom. The molecule has 0 unspecified atom stereocenters. The zero-order valence-corrected chi connectivity index (χ0v) is 8.55. The van der Waals surface area contributed by atoms with Crippen LogP contribution in [0.3, 0.4) is 0 Å². The Labute approximate surface area is 85.9 Å². The summed E-state index contributed by atoms with van der Waals surface area (Å²) in [4.78, 5) is -0.492. The second kappa shape index (κ2) is 3.59. The summed E-state index contributed by atoms with van der Waals surface area (Å²) < 4.78 is 47.9. The van der Waals surface area contributed by atoms with E-state index in [4.69, 9.17) is 5.26 Å². The van der Waals surface area contributed by atoms with E-state index >= 15 is 0 Å². The van der Waals surface area contributed by atoms with Crippen LogP contribution in [0.25, 0.3) is 0 Å². The SMILES string of the molecule is CC(F)(F)S(=O)(=O)c1ccc(C#N)cc1. The van der Waals surface area contributed by atoms with Gasteiger partial charge < -0.3 is 0 Å². The summed E-state index contributed by atoms with van der Waals surface area (Å²) in [5.41, 5.74) is 0.216. The summed E-state index contributed by atoms with van der Waals surface area (Å²) >= 11 is 0. The molecule has 6 heteroatoms. The van der Waals surface area contributed by atoms with Crippen molar-refractivity contribution in [2.75, 3.05) is 0 Å². The second-order valence-corrected chi connectivity index (χ2v) is 5.14. The summed E-state index contributed by atoms with van der Waals surface area (Å²) in [5.74, 6) is 0. The van der Waals surface area contributed by atoms with Crippen molar-refractivity contribution >= 4 is 9.84 Å². The number of benzene rings is 1. The van der Waals surface area contributed by atoms with Crippen molar-refractivity contribution in [1.82, 2.24) is 0 Å². The van der Waals surface area contributed by atoms with Gasteiger partial charge in [-0.3, -0.25) is 0 Å². The van der Waals surface area contributed by atoms with Gasteiger partial charge in [-0.05, 0) is 24.3 Å². The third kappa shape index (κ3) is 2.13. The van der Waals surface area contributed by atoms with Gasteiger partial charge in [0.1, 0.15) is 0 Å². The van der Waals surface area contributed by atoms with E-state index in [1.54, 1.807) is 6.07 Å². The Morgan fingerprint density at radius 2 is 1.73 bits per heavy atom. The second-order valence-electron chi connectivity index (χ2n) is 2.95. The minimum Gasteiger partial charge on any atom is -0.217 e. The van der Waals surface area contributed by atoms with E-state index in [-0.39, 0.29) is 5.56 Å². The lowest BCUT2D eigenvalue weighted by Crippen LogP contribution is -2.24. The maximum Gasteiger partial charge on any atom is 0.347 e. The van der Waals surface area contributed by atoms with Crippen LogP contribution in [-0.2, 0) is 9.84 Å². The highest BCUT2D eigenvalue weighted by atomic mass is 32.2. The molecule has 0 fully saturated rings. The molecule has 0 aliphatic heterocycles. The first-order valence-corrected chi connectivity index (χ1v) is 5.40. The van der Waals surface area contributed by atoms with Gasteiger partial charge in [0.05, 0.1) is 16.5 Å². The van der Waals surface area contributed by atoms with Crippen LogP contribution in [0, 0.1) is 11.3 Å². The molecular formula is C9H7F2NO2S. The number of hydrogen-bond acceptors (Lipinski definition) is 3. The highest BCUT2D eigenvalue weighted by Crippen LogP contribution is 2.28. The van der Waals surface area contributed by atoms with Crippen molar-refractivity contribution in [2.45, 2.75) is 17.1 Å². The molecule has 0 saturated carbocycles. The molecule has 0 aliphatic rings. The van der Waals surface area contributed by atoms with Crippen LogP contribution in [0.4, 0.5) is 8.78 Å². The van der Waals surface area contributed by atoms with E-state index in [1.807, 2.05) is 0 Å². The smallest absolute Gasteiger partial charge is 0.217 e. The molecule has 0 N–H and O–H groups in total. The number of sulfone groups is 1. The van der Waals surface area contributed by atoms with Crippen LogP contribution in [0.1, 0.15) is 12.5 Å². The Balaban J connectivity index is 3.26. The zero-order chi connectivity index (χ0) is 11.7. The van der Waals surface area contributed by atoms with Crippen LogP contribution in [0.2, 0.25) is 0 Å². The van der Waals surface area contributed by atoms with E-state index in [0.717, 1.165) is 12.1 Å². The fraction of sp³-hybridized carbons (Fsp3) is 0.222. The van der Waals surface area contributed by atoms with Crippen LogP contribution < -0.4 is 0 Å². The lowest BCUT2D eigenvalue weighted by molar-refractivity contribution is 0.114. The maximum atomic E-state index is 12.7. The summed E-state index contributed by atoms with van der Waals surface area (Å²) in [6.07, 6.45) is 0. The third-order valence-electron chi connectivity index (χ3n) is 1.77. The average molecular weight is 231 g/mol. The molecule has 0 amide bonds. The van der Waals surface area contributed by atoms with Crippen molar-refractivity contribution in [3.63, 3.8) is 0 Å². The predicted octanol–water partition coefficient (Wildman–Crippen LogP) is 1.94. The number of rotatable bonds is 2. The van der Waals surface area contributed by atoms with Crippen LogP contribution in [0.15, 0.2) is 29.2 Å². The minimum atomic E-state index is -4.64. The molecule has 1 aromatic carbocycles. The number of halogens is 2. The van der Waals surface area contributed by atoms with Gasteiger partial charge in [-0.1, -0.05) is 0 Å². The first-order valence-electron chi connectivity index (χ1n) is 3.91. The van der Waals surface area contributed by atoms with Gasteiger partial charge >= 0.3 is 5.25 Å². The molecule has 0 aromatic heterocycles. The van der Waals surface area contributed by atoms with E-state index in [1.165, 1.54) is 12.1 Å². The van der Waals surface area contributed by atoms with Gasteiger partial charge in [-0.2, -0.15) is 14.0 Å². The van der Waals surface area contributed by atoms with Crippen LogP contribution in [-0.4, -0.2) is 13.7 Å². The fourth-order valence-electron chi connectivity index (χ4n) is 0.916. The van der Waals surface area contributed by atoms with E-state index < -0.39 is 20.0 Å². The molecule has 3 nitrogen and oxygen atoms in total. The third-order valence-corrected chi connectivity index (χ3v) is 3.60. The lowest BCUT2D eigenvalue weighted by atomic mass is 10.2. The quantitative estimate of drug-likeness (QED) is 0.781. The first-order chi connectivity index (χ1) is 6.79. The molecule has 80 valence electrons. The molecule has 15 heavy (non-hydrogen) atoms. The topological polar surface area (TPSA) is 57.9 Å². The Kier molecular flexibility index (Phi) is 2.77. The predicted molar refractivity (Wildman–Crippen MR) is 49.0 cm³/mol. The van der Waals surface area contributed by atoms with Crippen molar-refractivity contribution in [2.24, 2.45) is 0 Å². The summed E-state index contributed by atoms with van der Waals surface area (Å²) in [7, 11) is -4.64. The van der Waals surface area contributed by atoms with Crippen molar-refractivity contribution in [3.8, 4) is 6.07 Å². The average Bonchev–Trinajstić information content (AvgIpc) is 2.16. The van der Waals surface area contributed by atoms with E-state index in [0.29, 0.717) is 6.92 Å². The van der Waals surface area contributed by atoms with Gasteiger partial charge in [-0.15, -0.1) is 0 Å². The van der Waals surface area contributed by atoms with E-state index in [2.05, 4.69) is 0 Å². The molecule has 1 aromatic rings.